The summed E-state index contributed by atoms with van der Waals surface area (Å²) in [6, 6.07) is -0.639. The zero-order valence-electron chi connectivity index (χ0n) is 48.4. The first-order valence-electron chi connectivity index (χ1n) is 32.3. The van der Waals surface area contributed by atoms with E-state index in [-0.39, 0.29) is 18.5 Å². The van der Waals surface area contributed by atoms with Crippen molar-refractivity contribution in [1.82, 2.24) is 5.32 Å². The Hall–Kier alpha value is -1.92. The van der Waals surface area contributed by atoms with Gasteiger partial charge in [-0.25, -0.2) is 0 Å². The number of rotatable bonds is 60. The lowest BCUT2D eigenvalue weighted by molar-refractivity contribution is -0.143. The fraction of sp³-hybridized carbons (Fsp3) is 0.879. The molecule has 0 bridgehead atoms. The molecule has 0 aromatic heterocycles. The van der Waals surface area contributed by atoms with Crippen LogP contribution in [0.4, 0.5) is 0 Å². The van der Waals surface area contributed by atoms with Gasteiger partial charge in [0, 0.05) is 12.8 Å². The number of carbonyl (C=O) groups excluding carboxylic acids is 2. The van der Waals surface area contributed by atoms with Gasteiger partial charge in [-0.05, 0) is 83.5 Å². The second-order valence-electron chi connectivity index (χ2n) is 22.1. The number of nitrogens with one attached hydrogen (secondary N) is 1. The maximum Gasteiger partial charge on any atom is 0.305 e. The van der Waals surface area contributed by atoms with Crippen LogP contribution in [0, 0.1) is 0 Å². The summed E-state index contributed by atoms with van der Waals surface area (Å²) in [5.41, 5.74) is 0. The SMILES string of the molecule is CCCCCCCCC/C=C\CCCCCCCCCC(=O)OCCCCCCCCCCC/C=C\CCCCCCCC(=O)NC(CO)C(O)/C=C/CCCCCCCCCCCCCCCCCCC. The Morgan fingerprint density at radius 3 is 0.986 bits per heavy atom. The van der Waals surface area contributed by atoms with Gasteiger partial charge >= 0.3 is 5.97 Å². The second kappa shape index (κ2) is 61.6. The zero-order valence-corrected chi connectivity index (χ0v) is 48.4. The van der Waals surface area contributed by atoms with Gasteiger partial charge in [0.25, 0.3) is 0 Å². The van der Waals surface area contributed by atoms with Crippen molar-refractivity contribution < 1.29 is 24.5 Å². The highest BCUT2D eigenvalue weighted by Gasteiger charge is 2.18. The predicted octanol–water partition coefficient (Wildman–Crippen LogP) is 20.4. The molecule has 0 radical (unpaired) electrons. The molecule has 72 heavy (non-hydrogen) atoms. The van der Waals surface area contributed by atoms with E-state index in [4.69, 9.17) is 4.74 Å². The van der Waals surface area contributed by atoms with E-state index >= 15 is 0 Å². The molecule has 0 aromatic rings. The van der Waals surface area contributed by atoms with Crippen LogP contribution in [0.15, 0.2) is 36.5 Å². The fourth-order valence-corrected chi connectivity index (χ4v) is 9.92. The summed E-state index contributed by atoms with van der Waals surface area (Å²) in [6.45, 7) is 4.91. The number of amides is 1. The van der Waals surface area contributed by atoms with Gasteiger partial charge in [-0.2, -0.15) is 0 Å². The minimum absolute atomic E-state index is 0.000448. The molecule has 0 fully saturated rings. The van der Waals surface area contributed by atoms with E-state index < -0.39 is 12.1 Å². The molecule has 6 heteroatoms. The lowest BCUT2D eigenvalue weighted by Gasteiger charge is -2.20. The van der Waals surface area contributed by atoms with Crippen LogP contribution >= 0.6 is 0 Å². The highest BCUT2D eigenvalue weighted by atomic mass is 16.5. The first-order valence-corrected chi connectivity index (χ1v) is 32.3. The molecule has 0 rings (SSSR count). The third-order valence-corrected chi connectivity index (χ3v) is 14.9. The van der Waals surface area contributed by atoms with Crippen LogP contribution < -0.4 is 5.32 Å². The molecule has 2 unspecified atom stereocenters. The molecule has 3 N–H and O–H groups in total. The molecule has 1 amide bonds. The van der Waals surface area contributed by atoms with E-state index in [0.717, 1.165) is 57.8 Å². The molecule has 0 saturated carbocycles. The normalized spacial score (nSPS) is 12.8. The van der Waals surface area contributed by atoms with E-state index in [0.29, 0.717) is 19.4 Å². The van der Waals surface area contributed by atoms with Gasteiger partial charge in [0.1, 0.15) is 0 Å². The van der Waals surface area contributed by atoms with Crippen molar-refractivity contribution >= 4 is 11.9 Å². The Labute approximate surface area is 449 Å². The van der Waals surface area contributed by atoms with Crippen molar-refractivity contribution in [3.8, 4) is 0 Å². The van der Waals surface area contributed by atoms with Crippen LogP contribution in [-0.2, 0) is 14.3 Å². The van der Waals surface area contributed by atoms with Gasteiger partial charge in [-0.15, -0.1) is 0 Å². The quantitative estimate of drug-likeness (QED) is 0.0320. The second-order valence-corrected chi connectivity index (χ2v) is 22.1. The maximum atomic E-state index is 12.5. The molecule has 424 valence electrons. The Morgan fingerprint density at radius 2 is 0.653 bits per heavy atom. The Kier molecular flexibility index (Phi) is 60.0. The predicted molar refractivity (Wildman–Crippen MR) is 315 cm³/mol. The number of hydrogen-bond acceptors (Lipinski definition) is 5. The van der Waals surface area contributed by atoms with Gasteiger partial charge in [-0.3, -0.25) is 9.59 Å². The van der Waals surface area contributed by atoms with E-state index in [1.165, 1.54) is 263 Å². The van der Waals surface area contributed by atoms with Crippen molar-refractivity contribution in [2.24, 2.45) is 0 Å². The monoisotopic (exact) mass is 1010 g/mol. The third-order valence-electron chi connectivity index (χ3n) is 14.9. The summed E-state index contributed by atoms with van der Waals surface area (Å²) in [4.78, 5) is 24.6. The molecule has 0 aromatic carbocycles. The van der Waals surface area contributed by atoms with Crippen LogP contribution in [0.3, 0.4) is 0 Å². The average Bonchev–Trinajstić information content (AvgIpc) is 3.38. The fourth-order valence-electron chi connectivity index (χ4n) is 9.92. The van der Waals surface area contributed by atoms with Crippen molar-refractivity contribution in [3.05, 3.63) is 36.5 Å². The van der Waals surface area contributed by atoms with Crippen molar-refractivity contribution in [2.45, 2.75) is 360 Å². The van der Waals surface area contributed by atoms with Crippen LogP contribution in [0.25, 0.3) is 0 Å². The lowest BCUT2D eigenvalue weighted by Crippen LogP contribution is -2.45. The van der Waals surface area contributed by atoms with E-state index in [1.54, 1.807) is 6.08 Å². The first-order chi connectivity index (χ1) is 35.5. The van der Waals surface area contributed by atoms with Crippen LogP contribution in [-0.4, -0.2) is 47.4 Å². The summed E-state index contributed by atoms with van der Waals surface area (Å²) in [6.07, 6.45) is 77.6. The summed E-state index contributed by atoms with van der Waals surface area (Å²) in [5.74, 6) is -0.0805. The van der Waals surface area contributed by atoms with Crippen molar-refractivity contribution in [2.75, 3.05) is 13.2 Å². The Bertz CT molecular complexity index is 1170. The smallest absolute Gasteiger partial charge is 0.305 e. The number of hydrogen-bond donors (Lipinski definition) is 3. The Morgan fingerprint density at radius 1 is 0.375 bits per heavy atom. The summed E-state index contributed by atoms with van der Waals surface area (Å²) in [5, 5.41) is 23.2. The summed E-state index contributed by atoms with van der Waals surface area (Å²) >= 11 is 0. The van der Waals surface area contributed by atoms with Crippen molar-refractivity contribution in [1.29, 1.82) is 0 Å². The van der Waals surface area contributed by atoms with E-state index in [2.05, 4.69) is 43.5 Å². The zero-order chi connectivity index (χ0) is 52.2. The minimum atomic E-state index is -0.854. The summed E-state index contributed by atoms with van der Waals surface area (Å²) < 4.78 is 5.49. The van der Waals surface area contributed by atoms with Crippen LogP contribution in [0.5, 0.6) is 0 Å². The molecular formula is C66H125NO5. The number of allylic oxidation sites excluding steroid dienone is 5. The van der Waals surface area contributed by atoms with Crippen molar-refractivity contribution in [3.63, 3.8) is 0 Å². The van der Waals surface area contributed by atoms with E-state index in [1.807, 2.05) is 6.08 Å². The van der Waals surface area contributed by atoms with Gasteiger partial charge < -0.3 is 20.3 Å². The van der Waals surface area contributed by atoms with Gasteiger partial charge in [0.05, 0.1) is 25.4 Å². The molecule has 0 aliphatic rings. The van der Waals surface area contributed by atoms with Gasteiger partial charge in [0.15, 0.2) is 0 Å². The molecule has 0 spiro atoms. The van der Waals surface area contributed by atoms with Crippen LogP contribution in [0.2, 0.25) is 0 Å². The summed E-state index contributed by atoms with van der Waals surface area (Å²) in [7, 11) is 0. The third kappa shape index (κ3) is 57.4. The molecule has 0 saturated heterocycles. The standard InChI is InChI=1S/C66H125NO5/c1-3-5-7-9-11-13-15-17-19-21-23-26-30-34-38-42-46-50-54-58-64(69)63(62-68)67-65(70)59-55-51-47-43-39-35-31-27-24-25-29-33-37-41-45-49-53-57-61-72-66(71)60-56-52-48-44-40-36-32-28-22-20-18-16-14-12-10-8-6-4-2/h20,22,27,31,54,58,63-64,68-69H,3-19,21,23-26,28-30,32-53,55-57,59-62H2,1-2H3,(H,67,70)/b22-20-,31-27-,58-54+. The molecule has 0 aliphatic heterocycles. The number of unbranched alkanes of at least 4 members (excludes halogenated alkanes) is 45. The molecule has 6 nitrogen and oxygen atoms in total. The largest absolute Gasteiger partial charge is 0.466 e. The minimum Gasteiger partial charge on any atom is -0.466 e. The average molecular weight is 1010 g/mol. The molecule has 2 atom stereocenters. The topological polar surface area (TPSA) is 95.9 Å². The molecular weight excluding hydrogens is 887 g/mol. The molecule has 0 heterocycles. The number of aliphatic hydroxyl groups is 2. The molecule has 0 aliphatic carbocycles. The first kappa shape index (κ1) is 70.1. The number of esters is 1. The van der Waals surface area contributed by atoms with E-state index in [9.17, 15) is 19.8 Å². The number of ether oxygens (including phenoxy) is 1. The lowest BCUT2D eigenvalue weighted by atomic mass is 10.0. The highest BCUT2D eigenvalue weighted by molar-refractivity contribution is 5.76. The van der Waals surface area contributed by atoms with Gasteiger partial charge in [-0.1, -0.05) is 288 Å². The maximum absolute atomic E-state index is 12.5. The number of carbonyl (C=O) groups is 2. The Balaban J connectivity index is 3.47. The number of aliphatic hydroxyl groups excluding tert-OH is 2. The van der Waals surface area contributed by atoms with Crippen LogP contribution in [0.1, 0.15) is 348 Å². The van der Waals surface area contributed by atoms with Gasteiger partial charge in [0.2, 0.25) is 5.91 Å². The highest BCUT2D eigenvalue weighted by Crippen LogP contribution is 2.17.